The van der Waals surface area contributed by atoms with Crippen molar-refractivity contribution >= 4 is 18.3 Å². The third-order valence-electron chi connectivity index (χ3n) is 3.39. The molecule has 1 aliphatic carbocycles. The van der Waals surface area contributed by atoms with E-state index in [1.54, 1.807) is 0 Å². The van der Waals surface area contributed by atoms with Gasteiger partial charge in [-0.2, -0.15) is 0 Å². The van der Waals surface area contributed by atoms with Crippen LogP contribution in [0.25, 0.3) is 0 Å². The Bertz CT molecular complexity index is 383. The Morgan fingerprint density at radius 1 is 1.44 bits per heavy atom. The van der Waals surface area contributed by atoms with Crippen molar-refractivity contribution in [2.75, 3.05) is 6.54 Å². The first kappa shape index (κ1) is 15.0. The number of hydrogen-bond donors (Lipinski definition) is 2. The number of amides is 1. The molecule has 1 aliphatic rings. The molecule has 3 unspecified atom stereocenters. The SMILES string of the molecule is CC(CN)C(=O)NC1CC1Cc1ccccc1.Cl. The molecule has 1 aromatic rings. The van der Waals surface area contributed by atoms with Gasteiger partial charge in [0.15, 0.2) is 0 Å². The second kappa shape index (κ2) is 6.76. The standard InChI is InChI=1S/C14H20N2O.ClH/c1-10(9-15)14(17)16-13-8-12(13)7-11-5-3-2-4-6-11;/h2-6,10,12-13H,7-9,15H2,1H3,(H,16,17);1H. The quantitative estimate of drug-likeness (QED) is 0.855. The van der Waals surface area contributed by atoms with Crippen LogP contribution < -0.4 is 11.1 Å². The molecule has 1 amide bonds. The maximum absolute atomic E-state index is 11.6. The number of hydrogen-bond acceptors (Lipinski definition) is 2. The zero-order valence-electron chi connectivity index (χ0n) is 10.6. The van der Waals surface area contributed by atoms with Crippen molar-refractivity contribution in [3.05, 3.63) is 35.9 Å². The highest BCUT2D eigenvalue weighted by atomic mass is 35.5. The highest BCUT2D eigenvalue weighted by molar-refractivity contribution is 5.85. The van der Waals surface area contributed by atoms with E-state index in [9.17, 15) is 4.79 Å². The van der Waals surface area contributed by atoms with Crippen molar-refractivity contribution in [3.63, 3.8) is 0 Å². The normalized spacial score (nSPS) is 22.8. The van der Waals surface area contributed by atoms with E-state index in [1.807, 2.05) is 13.0 Å². The highest BCUT2D eigenvalue weighted by Gasteiger charge is 2.38. The number of nitrogens with one attached hydrogen (secondary N) is 1. The Labute approximate surface area is 115 Å². The second-order valence-electron chi connectivity index (χ2n) is 4.94. The first-order chi connectivity index (χ1) is 8.20. The molecule has 2 rings (SSSR count). The molecule has 3 N–H and O–H groups in total. The van der Waals surface area contributed by atoms with Gasteiger partial charge in [-0.1, -0.05) is 37.3 Å². The number of nitrogens with two attached hydrogens (primary N) is 1. The van der Waals surface area contributed by atoms with Crippen LogP contribution in [0.4, 0.5) is 0 Å². The van der Waals surface area contributed by atoms with Crippen molar-refractivity contribution in [2.24, 2.45) is 17.6 Å². The monoisotopic (exact) mass is 268 g/mol. The van der Waals surface area contributed by atoms with Gasteiger partial charge < -0.3 is 11.1 Å². The van der Waals surface area contributed by atoms with Crippen LogP contribution in [0.2, 0.25) is 0 Å². The fourth-order valence-corrected chi connectivity index (χ4v) is 2.00. The van der Waals surface area contributed by atoms with E-state index in [2.05, 4.69) is 29.6 Å². The Balaban J connectivity index is 0.00000162. The van der Waals surface area contributed by atoms with E-state index in [0.717, 1.165) is 12.8 Å². The first-order valence-electron chi connectivity index (χ1n) is 6.25. The molecule has 0 saturated heterocycles. The van der Waals surface area contributed by atoms with Gasteiger partial charge in [0.2, 0.25) is 5.91 Å². The zero-order valence-corrected chi connectivity index (χ0v) is 11.5. The van der Waals surface area contributed by atoms with Gasteiger partial charge in [0.25, 0.3) is 0 Å². The second-order valence-corrected chi connectivity index (χ2v) is 4.94. The van der Waals surface area contributed by atoms with Gasteiger partial charge in [0.05, 0.1) is 0 Å². The number of rotatable bonds is 5. The summed E-state index contributed by atoms with van der Waals surface area (Å²) in [5, 5.41) is 3.06. The van der Waals surface area contributed by atoms with E-state index >= 15 is 0 Å². The zero-order chi connectivity index (χ0) is 12.3. The lowest BCUT2D eigenvalue weighted by atomic mass is 10.1. The van der Waals surface area contributed by atoms with Crippen LogP contribution >= 0.6 is 12.4 Å². The molecule has 0 bridgehead atoms. The van der Waals surface area contributed by atoms with Gasteiger partial charge in [-0.05, 0) is 24.3 Å². The summed E-state index contributed by atoms with van der Waals surface area (Å²) in [4.78, 5) is 11.6. The average molecular weight is 269 g/mol. The van der Waals surface area contributed by atoms with Gasteiger partial charge >= 0.3 is 0 Å². The predicted molar refractivity (Wildman–Crippen MR) is 75.7 cm³/mol. The van der Waals surface area contributed by atoms with Gasteiger partial charge in [-0.15, -0.1) is 12.4 Å². The number of halogens is 1. The molecule has 0 spiro atoms. The van der Waals surface area contributed by atoms with Gasteiger partial charge in [-0.25, -0.2) is 0 Å². The number of carbonyl (C=O) groups is 1. The van der Waals surface area contributed by atoms with Gasteiger partial charge in [0, 0.05) is 18.5 Å². The predicted octanol–water partition coefficient (Wildman–Crippen LogP) is 1.75. The molecule has 0 heterocycles. The summed E-state index contributed by atoms with van der Waals surface area (Å²) in [7, 11) is 0. The molecule has 1 fully saturated rings. The molecule has 1 aromatic carbocycles. The molecule has 0 aliphatic heterocycles. The van der Waals surface area contributed by atoms with Crippen LogP contribution in [0.5, 0.6) is 0 Å². The maximum atomic E-state index is 11.6. The minimum absolute atomic E-state index is 0. The molecule has 3 atom stereocenters. The molecular weight excluding hydrogens is 248 g/mol. The van der Waals surface area contributed by atoms with Crippen molar-refractivity contribution in [1.29, 1.82) is 0 Å². The van der Waals surface area contributed by atoms with E-state index in [1.165, 1.54) is 5.56 Å². The van der Waals surface area contributed by atoms with Crippen molar-refractivity contribution in [1.82, 2.24) is 5.32 Å². The number of benzene rings is 1. The molecule has 4 heteroatoms. The Morgan fingerprint density at radius 2 is 2.11 bits per heavy atom. The Morgan fingerprint density at radius 3 is 2.72 bits per heavy atom. The van der Waals surface area contributed by atoms with E-state index in [0.29, 0.717) is 18.5 Å². The summed E-state index contributed by atoms with van der Waals surface area (Å²) in [5.74, 6) is 0.618. The summed E-state index contributed by atoms with van der Waals surface area (Å²) >= 11 is 0. The lowest BCUT2D eigenvalue weighted by Gasteiger charge is -2.09. The van der Waals surface area contributed by atoms with Gasteiger partial charge in [0.1, 0.15) is 0 Å². The lowest BCUT2D eigenvalue weighted by Crippen LogP contribution is -2.35. The molecule has 18 heavy (non-hydrogen) atoms. The maximum Gasteiger partial charge on any atom is 0.224 e. The van der Waals surface area contributed by atoms with E-state index < -0.39 is 0 Å². The third-order valence-corrected chi connectivity index (χ3v) is 3.39. The molecule has 1 saturated carbocycles. The topological polar surface area (TPSA) is 55.1 Å². The van der Waals surface area contributed by atoms with Crippen LogP contribution in [0.15, 0.2) is 30.3 Å². The molecule has 3 nitrogen and oxygen atoms in total. The van der Waals surface area contributed by atoms with E-state index in [-0.39, 0.29) is 24.2 Å². The van der Waals surface area contributed by atoms with Crippen LogP contribution in [0.3, 0.4) is 0 Å². The summed E-state index contributed by atoms with van der Waals surface area (Å²) in [5.41, 5.74) is 6.81. The molecule has 100 valence electrons. The average Bonchev–Trinajstić information content (AvgIpc) is 3.07. The van der Waals surface area contributed by atoms with Crippen LogP contribution in [0.1, 0.15) is 18.9 Å². The highest BCUT2D eigenvalue weighted by Crippen LogP contribution is 2.33. The Kier molecular flexibility index (Phi) is 5.63. The summed E-state index contributed by atoms with van der Waals surface area (Å²) in [6, 6.07) is 10.8. The summed E-state index contributed by atoms with van der Waals surface area (Å²) < 4.78 is 0. The summed E-state index contributed by atoms with van der Waals surface area (Å²) in [6.45, 7) is 2.28. The summed E-state index contributed by atoms with van der Waals surface area (Å²) in [6.07, 6.45) is 2.15. The van der Waals surface area contributed by atoms with Crippen molar-refractivity contribution < 1.29 is 4.79 Å². The smallest absolute Gasteiger partial charge is 0.224 e. The fourth-order valence-electron chi connectivity index (χ4n) is 2.00. The largest absolute Gasteiger partial charge is 0.353 e. The molecule has 0 aromatic heterocycles. The minimum atomic E-state index is -0.0759. The third kappa shape index (κ3) is 4.00. The lowest BCUT2D eigenvalue weighted by molar-refractivity contribution is -0.124. The fraction of sp³-hybridized carbons (Fsp3) is 0.500. The van der Waals surface area contributed by atoms with Crippen LogP contribution in [0, 0.1) is 11.8 Å². The van der Waals surface area contributed by atoms with Gasteiger partial charge in [-0.3, -0.25) is 4.79 Å². The van der Waals surface area contributed by atoms with Crippen molar-refractivity contribution in [2.45, 2.75) is 25.8 Å². The number of carbonyl (C=O) groups excluding carboxylic acids is 1. The molecule has 0 radical (unpaired) electrons. The van der Waals surface area contributed by atoms with Crippen molar-refractivity contribution in [3.8, 4) is 0 Å². The van der Waals surface area contributed by atoms with E-state index in [4.69, 9.17) is 5.73 Å². The first-order valence-corrected chi connectivity index (χ1v) is 6.25. The minimum Gasteiger partial charge on any atom is -0.353 e. The van der Waals surface area contributed by atoms with Crippen LogP contribution in [-0.2, 0) is 11.2 Å². The van der Waals surface area contributed by atoms with Crippen LogP contribution in [-0.4, -0.2) is 18.5 Å². The molecular formula is C14H21ClN2O. The Hall–Kier alpha value is -1.06.